The lowest BCUT2D eigenvalue weighted by Crippen LogP contribution is -2.50. The molecule has 2 aliphatic heterocycles. The largest absolute Gasteiger partial charge is 0.337 e. The Balaban J connectivity index is 1.54. The van der Waals surface area contributed by atoms with Gasteiger partial charge in [0.05, 0.1) is 0 Å². The standard InChI is InChI=1S/C22H22N4O3/c1-2-25-20-15(5-4-8-23-20)10-17(22(25)29)21(28)24-11-14-9-16(13-24)18-6-3-7-19(27)26(18)12-14/h3-8,10,14,16H,2,9,11-13H2,1H3/t14-,16+/m0/s1. The van der Waals surface area contributed by atoms with Crippen LogP contribution < -0.4 is 11.1 Å². The highest BCUT2D eigenvalue weighted by Gasteiger charge is 2.37. The van der Waals surface area contributed by atoms with E-state index in [1.807, 2.05) is 23.6 Å². The first-order valence-electron chi connectivity index (χ1n) is 10.0. The van der Waals surface area contributed by atoms with E-state index in [0.717, 1.165) is 17.5 Å². The van der Waals surface area contributed by atoms with Gasteiger partial charge in [-0.25, -0.2) is 4.98 Å². The van der Waals surface area contributed by atoms with Crippen molar-refractivity contribution < 1.29 is 4.79 Å². The number of aromatic nitrogens is 3. The number of pyridine rings is 3. The molecule has 148 valence electrons. The number of nitrogens with zero attached hydrogens (tertiary/aromatic N) is 4. The zero-order chi connectivity index (χ0) is 20.1. The molecule has 0 saturated carbocycles. The molecule has 5 heterocycles. The van der Waals surface area contributed by atoms with Gasteiger partial charge in [-0.3, -0.25) is 19.0 Å². The highest BCUT2D eigenvalue weighted by Crippen LogP contribution is 2.35. The molecule has 3 aromatic heterocycles. The molecule has 2 bridgehead atoms. The number of aryl methyl sites for hydroxylation is 1. The summed E-state index contributed by atoms with van der Waals surface area (Å²) in [5.74, 6) is 0.112. The number of carbonyl (C=O) groups excluding carboxylic acids is 1. The van der Waals surface area contributed by atoms with Gasteiger partial charge in [0.1, 0.15) is 11.2 Å². The SMILES string of the molecule is CCn1c(=O)c(C(=O)N2C[C@@H]3C[C@H](C2)c2cccc(=O)n2C3)cc2cccnc21. The van der Waals surface area contributed by atoms with Crippen molar-refractivity contribution in [2.75, 3.05) is 13.1 Å². The predicted octanol–water partition coefficient (Wildman–Crippen LogP) is 1.84. The van der Waals surface area contributed by atoms with Gasteiger partial charge in [-0.2, -0.15) is 0 Å². The molecule has 7 nitrogen and oxygen atoms in total. The molecular formula is C22H22N4O3. The lowest BCUT2D eigenvalue weighted by Gasteiger charge is -2.42. The van der Waals surface area contributed by atoms with E-state index in [1.54, 1.807) is 39.9 Å². The molecule has 1 fully saturated rings. The Hall–Kier alpha value is -3.22. The summed E-state index contributed by atoms with van der Waals surface area (Å²) in [4.78, 5) is 44.7. The van der Waals surface area contributed by atoms with E-state index in [1.165, 1.54) is 0 Å². The lowest BCUT2D eigenvalue weighted by atomic mass is 9.83. The second kappa shape index (κ2) is 6.69. The maximum absolute atomic E-state index is 13.4. The first kappa shape index (κ1) is 17.8. The Morgan fingerprint density at radius 1 is 1.14 bits per heavy atom. The van der Waals surface area contributed by atoms with E-state index in [4.69, 9.17) is 0 Å². The predicted molar refractivity (Wildman–Crippen MR) is 109 cm³/mol. The molecule has 0 unspecified atom stereocenters. The molecule has 29 heavy (non-hydrogen) atoms. The summed E-state index contributed by atoms with van der Waals surface area (Å²) in [6.07, 6.45) is 2.62. The van der Waals surface area contributed by atoms with Crippen LogP contribution in [0.2, 0.25) is 0 Å². The van der Waals surface area contributed by atoms with E-state index in [2.05, 4.69) is 4.98 Å². The number of piperidine rings is 1. The van der Waals surface area contributed by atoms with Crippen molar-refractivity contribution in [1.29, 1.82) is 0 Å². The molecule has 0 aromatic carbocycles. The third-order valence-electron chi connectivity index (χ3n) is 6.16. The Morgan fingerprint density at radius 3 is 2.83 bits per heavy atom. The second-order valence-electron chi connectivity index (χ2n) is 7.93. The van der Waals surface area contributed by atoms with Gasteiger partial charge >= 0.3 is 0 Å². The van der Waals surface area contributed by atoms with Crippen LogP contribution in [0.15, 0.2) is 52.2 Å². The molecule has 5 rings (SSSR count). The Labute approximate surface area is 167 Å². The van der Waals surface area contributed by atoms with Gasteiger partial charge in [0.15, 0.2) is 0 Å². The minimum absolute atomic E-state index is 0.0184. The fourth-order valence-corrected chi connectivity index (χ4v) is 4.89. The number of amides is 1. The molecular weight excluding hydrogens is 368 g/mol. The summed E-state index contributed by atoms with van der Waals surface area (Å²) in [5, 5.41) is 0.784. The topological polar surface area (TPSA) is 77.2 Å². The van der Waals surface area contributed by atoms with Gasteiger partial charge in [-0.15, -0.1) is 0 Å². The molecule has 7 heteroatoms. The van der Waals surface area contributed by atoms with Gasteiger partial charge < -0.3 is 9.47 Å². The summed E-state index contributed by atoms with van der Waals surface area (Å²) >= 11 is 0. The first-order chi connectivity index (χ1) is 14.1. The minimum Gasteiger partial charge on any atom is -0.337 e. The van der Waals surface area contributed by atoms with Crippen molar-refractivity contribution in [1.82, 2.24) is 19.0 Å². The van der Waals surface area contributed by atoms with Crippen LogP contribution in [0, 0.1) is 5.92 Å². The first-order valence-corrected chi connectivity index (χ1v) is 10.0. The molecule has 0 N–H and O–H groups in total. The molecule has 0 aliphatic carbocycles. The van der Waals surface area contributed by atoms with Crippen LogP contribution in [0.4, 0.5) is 0 Å². The summed E-state index contributed by atoms with van der Waals surface area (Å²) in [5.41, 5.74) is 1.50. The summed E-state index contributed by atoms with van der Waals surface area (Å²) in [6.45, 7) is 4.04. The van der Waals surface area contributed by atoms with Gasteiger partial charge in [0, 0.05) is 55.4 Å². The summed E-state index contributed by atoms with van der Waals surface area (Å²) in [6, 6.07) is 10.7. The van der Waals surface area contributed by atoms with Crippen molar-refractivity contribution in [3.63, 3.8) is 0 Å². The van der Waals surface area contributed by atoms with Crippen LogP contribution in [0.25, 0.3) is 11.0 Å². The molecule has 0 radical (unpaired) electrons. The van der Waals surface area contributed by atoms with Crippen molar-refractivity contribution >= 4 is 16.9 Å². The Morgan fingerprint density at radius 2 is 2.00 bits per heavy atom. The van der Waals surface area contributed by atoms with E-state index < -0.39 is 0 Å². The van der Waals surface area contributed by atoms with Gasteiger partial charge in [0.25, 0.3) is 17.0 Å². The van der Waals surface area contributed by atoms with Gasteiger partial charge in [-0.1, -0.05) is 6.07 Å². The highest BCUT2D eigenvalue weighted by molar-refractivity contribution is 5.97. The number of likely N-dealkylation sites (tertiary alicyclic amines) is 1. The fraction of sp³-hybridized carbons (Fsp3) is 0.364. The van der Waals surface area contributed by atoms with Crippen LogP contribution in [0.1, 0.15) is 35.3 Å². The second-order valence-corrected chi connectivity index (χ2v) is 7.93. The van der Waals surface area contributed by atoms with Crippen LogP contribution in [0.5, 0.6) is 0 Å². The maximum Gasteiger partial charge on any atom is 0.265 e. The van der Waals surface area contributed by atoms with Crippen molar-refractivity contribution in [3.05, 3.63) is 74.6 Å². The molecule has 1 amide bonds. The number of hydrogen-bond acceptors (Lipinski definition) is 4. The number of rotatable bonds is 2. The summed E-state index contributed by atoms with van der Waals surface area (Å²) < 4.78 is 3.40. The molecule has 2 atom stereocenters. The highest BCUT2D eigenvalue weighted by atomic mass is 16.2. The van der Waals surface area contributed by atoms with Crippen molar-refractivity contribution in [2.45, 2.75) is 32.4 Å². The zero-order valence-corrected chi connectivity index (χ0v) is 16.2. The normalized spacial score (nSPS) is 20.5. The quantitative estimate of drug-likeness (QED) is 0.669. The van der Waals surface area contributed by atoms with E-state index in [9.17, 15) is 14.4 Å². The third-order valence-corrected chi connectivity index (χ3v) is 6.16. The van der Waals surface area contributed by atoms with Crippen LogP contribution in [-0.4, -0.2) is 38.0 Å². The van der Waals surface area contributed by atoms with Crippen molar-refractivity contribution in [2.24, 2.45) is 5.92 Å². The maximum atomic E-state index is 13.4. The van der Waals surface area contributed by atoms with E-state index in [0.29, 0.717) is 31.8 Å². The minimum atomic E-state index is -0.295. The zero-order valence-electron chi connectivity index (χ0n) is 16.2. The van der Waals surface area contributed by atoms with E-state index >= 15 is 0 Å². The van der Waals surface area contributed by atoms with Crippen molar-refractivity contribution in [3.8, 4) is 0 Å². The van der Waals surface area contributed by atoms with E-state index in [-0.39, 0.29) is 34.4 Å². The third kappa shape index (κ3) is 2.80. The molecule has 3 aromatic rings. The Kier molecular flexibility index (Phi) is 4.12. The average molecular weight is 390 g/mol. The average Bonchev–Trinajstić information content (AvgIpc) is 2.73. The van der Waals surface area contributed by atoms with Crippen LogP contribution >= 0.6 is 0 Å². The number of fused-ring (bicyclic) bond motifs is 5. The summed E-state index contributed by atoms with van der Waals surface area (Å²) in [7, 11) is 0. The van der Waals surface area contributed by atoms with Gasteiger partial charge in [0.2, 0.25) is 0 Å². The fourth-order valence-electron chi connectivity index (χ4n) is 4.89. The molecule has 2 aliphatic rings. The Bertz CT molecular complexity index is 1240. The van der Waals surface area contributed by atoms with Crippen LogP contribution in [-0.2, 0) is 13.1 Å². The van der Waals surface area contributed by atoms with Gasteiger partial charge in [-0.05, 0) is 43.5 Å². The number of carbonyl (C=O) groups is 1. The smallest absolute Gasteiger partial charge is 0.265 e. The number of hydrogen-bond donors (Lipinski definition) is 0. The van der Waals surface area contributed by atoms with Crippen LogP contribution in [0.3, 0.4) is 0 Å². The lowest BCUT2D eigenvalue weighted by molar-refractivity contribution is 0.0592. The monoisotopic (exact) mass is 390 g/mol. The molecule has 1 saturated heterocycles. The molecule has 0 spiro atoms.